The van der Waals surface area contributed by atoms with E-state index in [1.165, 1.54) is 50.7 Å². The molecule has 17 heteroatoms. The summed E-state index contributed by atoms with van der Waals surface area (Å²) in [6.07, 6.45) is 0. The van der Waals surface area contributed by atoms with Crippen LogP contribution in [0.5, 0.6) is 0 Å². The number of fused-ring (bicyclic) bond motifs is 1. The van der Waals surface area contributed by atoms with Gasteiger partial charge in [0.05, 0.1) is 79.8 Å². The summed E-state index contributed by atoms with van der Waals surface area (Å²) in [6, 6.07) is 13.4. The van der Waals surface area contributed by atoms with Crippen molar-refractivity contribution in [1.29, 1.82) is 0 Å². The van der Waals surface area contributed by atoms with Gasteiger partial charge in [-0.25, -0.2) is 4.39 Å². The number of nitrogens with one attached hydrogen (secondary N) is 3. The summed E-state index contributed by atoms with van der Waals surface area (Å²) >= 11 is 0. The molecule has 4 N–H and O–H groups in total. The number of benzene rings is 2. The van der Waals surface area contributed by atoms with Crippen LogP contribution in [-0.2, 0) is 0 Å². The molecule has 15 radical (unpaired) electrons. The first-order chi connectivity index (χ1) is 21.1. The third-order valence-electron chi connectivity index (χ3n) is 7.81. The Hall–Kier alpha value is -3.72. The van der Waals surface area contributed by atoms with Crippen LogP contribution in [0.25, 0.3) is 33.6 Å². The Labute approximate surface area is 270 Å². The van der Waals surface area contributed by atoms with Gasteiger partial charge in [-0.3, -0.25) is 9.59 Å². The minimum Gasteiger partial charge on any atom is -0.437 e. The monoisotopic (exact) mass is 583 g/mol. The number of rotatable bonds is 9. The largest absolute Gasteiger partial charge is 0.437 e. The Bertz CT molecular complexity index is 1760. The van der Waals surface area contributed by atoms with Crippen molar-refractivity contribution in [3.8, 4) is 22.5 Å². The average molecular weight is 582 g/mol. The lowest BCUT2D eigenvalue weighted by atomic mass is 8.95. The van der Waals surface area contributed by atoms with Gasteiger partial charge >= 0.3 is 0 Å². The highest BCUT2D eigenvalue weighted by atomic mass is 19.1. The van der Waals surface area contributed by atoms with Crippen LogP contribution in [0.3, 0.4) is 0 Å². The molecule has 0 spiro atoms. The number of hydrogen-bond acceptors (Lipinski definition) is 6. The Kier molecular flexibility index (Phi) is 8.40. The van der Waals surface area contributed by atoms with E-state index in [2.05, 4.69) is 20.9 Å². The number of aromatic nitrogens is 1. The van der Waals surface area contributed by atoms with Crippen LogP contribution in [0.4, 0.5) is 10.2 Å². The maximum absolute atomic E-state index is 13.7. The highest BCUT2D eigenvalue weighted by Crippen LogP contribution is 2.65. The molecule has 0 atom stereocenters. The van der Waals surface area contributed by atoms with Crippen molar-refractivity contribution in [2.75, 3.05) is 25.5 Å². The zero-order valence-corrected chi connectivity index (χ0v) is 24.2. The van der Waals surface area contributed by atoms with Crippen LogP contribution < -0.4 is 16.0 Å². The average Bonchev–Trinajstić information content (AvgIpc) is 3.35. The predicted molar refractivity (Wildman–Crippen MR) is 178 cm³/mol. The fourth-order valence-corrected chi connectivity index (χ4v) is 5.76. The molecule has 2 aromatic heterocycles. The second-order valence-electron chi connectivity index (χ2n) is 11.0. The molecular weight excluding hydrogens is 562 g/mol. The summed E-state index contributed by atoms with van der Waals surface area (Å²) in [5.41, 5.74) is -0.353. The molecule has 5 rings (SSSR count). The van der Waals surface area contributed by atoms with Gasteiger partial charge < -0.3 is 25.5 Å². The molecule has 2 aromatic carbocycles. The van der Waals surface area contributed by atoms with Crippen LogP contribution in [0, 0.1) is 5.82 Å². The zero-order valence-electron chi connectivity index (χ0n) is 24.2. The lowest BCUT2D eigenvalue weighted by Gasteiger charge is -2.76. The molecule has 1 aliphatic rings. The van der Waals surface area contributed by atoms with Crippen molar-refractivity contribution in [2.45, 2.75) is 20.9 Å². The summed E-state index contributed by atoms with van der Waals surface area (Å²) in [7, 11) is 45.2. The van der Waals surface area contributed by atoms with Crippen LogP contribution >= 0.6 is 0 Å². The van der Waals surface area contributed by atoms with Crippen molar-refractivity contribution in [1.82, 2.24) is 15.6 Å². The molecule has 3 heterocycles. The van der Waals surface area contributed by atoms with Crippen molar-refractivity contribution >= 4 is 90.9 Å². The van der Waals surface area contributed by atoms with Crippen molar-refractivity contribution in [3.05, 3.63) is 71.5 Å². The van der Waals surface area contributed by atoms with Gasteiger partial charge in [-0.2, -0.15) is 4.98 Å². The number of halogens is 1. The molecule has 45 heavy (non-hydrogen) atoms. The van der Waals surface area contributed by atoms with E-state index in [1.54, 1.807) is 18.2 Å². The molecule has 207 valence electrons. The standard InChI is InChI=1S/C28H20B8FN4O4/c1-38-23(44)19-18-12-17(21(39-9-10-42)40-24(18)45-20(19)13-5-7-16(37)8-6-13)14-3-2-4-15(11-14)22(43)41-25(26(29,30)31)27(32,33)36-28(25,34)35/h2-8,11-12,42H,9-10H2,1H3,(H,38,44)(H,39,40)(H,41,43). The van der Waals surface area contributed by atoms with Gasteiger partial charge in [0.1, 0.15) is 17.4 Å². The fraction of sp³-hybridized carbons (Fsp3) is 0.250. The molecule has 0 saturated carbocycles. The minimum absolute atomic E-state index is 0.0912. The van der Waals surface area contributed by atoms with Gasteiger partial charge in [-0.1, -0.05) is 12.1 Å². The number of furan rings is 1. The molecule has 1 aliphatic heterocycles. The number of carbonyl (C=O) groups is 2. The van der Waals surface area contributed by atoms with E-state index >= 15 is 0 Å². The summed E-state index contributed by atoms with van der Waals surface area (Å²) < 4.78 is 19.7. The normalized spacial score (nSPS) is 16.2. The van der Waals surface area contributed by atoms with Gasteiger partial charge in [-0.05, 0) is 53.6 Å². The number of nitrogens with zero attached hydrogens (tertiary/aromatic N) is 1. The predicted octanol–water partition coefficient (Wildman–Crippen LogP) is 0.652. The maximum atomic E-state index is 13.7. The number of pyridine rings is 1. The highest BCUT2D eigenvalue weighted by molar-refractivity contribution is 6.88. The van der Waals surface area contributed by atoms with Crippen molar-refractivity contribution < 1.29 is 23.5 Å². The molecule has 4 aromatic rings. The first-order valence-corrected chi connectivity index (χ1v) is 13.7. The molecule has 0 unspecified atom stereocenters. The van der Waals surface area contributed by atoms with Crippen LogP contribution in [0.1, 0.15) is 20.7 Å². The first kappa shape index (κ1) is 32.7. The molecule has 2 amide bonds. The SMILES string of the molecule is [B]C([B])([B])C1(NC(=O)c2cccc(-c3cc4c(C(=O)NC)c(-c5ccc(F)cc5)oc4nc3NCCO)c2)C([B])([B])[B]C1([B])[B]. The Morgan fingerprint density at radius 2 is 1.67 bits per heavy atom. The fourth-order valence-electron chi connectivity index (χ4n) is 5.76. The second-order valence-corrected chi connectivity index (χ2v) is 11.0. The smallest absolute Gasteiger partial charge is 0.255 e. The zero-order chi connectivity index (χ0) is 32.9. The summed E-state index contributed by atoms with van der Waals surface area (Å²) in [6.45, 7) is -0.101. The quantitative estimate of drug-likeness (QED) is 0.216. The molecule has 8 nitrogen and oxygen atoms in total. The molecule has 0 bridgehead atoms. The second kappa shape index (κ2) is 11.6. The third kappa shape index (κ3) is 5.43. The Morgan fingerprint density at radius 1 is 1.00 bits per heavy atom. The van der Waals surface area contributed by atoms with Gasteiger partial charge in [0.15, 0.2) is 0 Å². The molecule has 0 aliphatic carbocycles. The van der Waals surface area contributed by atoms with E-state index in [-0.39, 0.29) is 41.6 Å². The maximum Gasteiger partial charge on any atom is 0.255 e. The number of hydrogen-bond donors (Lipinski definition) is 4. The Balaban J connectivity index is 1.64. The first-order valence-electron chi connectivity index (χ1n) is 13.7. The van der Waals surface area contributed by atoms with Crippen molar-refractivity contribution in [2.24, 2.45) is 0 Å². The Morgan fingerprint density at radius 3 is 2.24 bits per heavy atom. The number of amides is 2. The topological polar surface area (TPSA) is 116 Å². The lowest BCUT2D eigenvalue weighted by Crippen LogP contribution is -2.82. The van der Waals surface area contributed by atoms with Crippen LogP contribution in [-0.4, -0.2) is 110 Å². The number of aliphatic hydroxyl groups is 1. The summed E-state index contributed by atoms with van der Waals surface area (Å²) in [5.74, 6) is -1.23. The van der Waals surface area contributed by atoms with Gasteiger partial charge in [0, 0.05) is 30.3 Å². The summed E-state index contributed by atoms with van der Waals surface area (Å²) in [5, 5.41) is 12.1. The number of aliphatic hydroxyl groups excluding tert-OH is 1. The van der Waals surface area contributed by atoms with E-state index in [0.717, 1.165) is 0 Å². The van der Waals surface area contributed by atoms with E-state index in [1.807, 2.05) is 0 Å². The van der Waals surface area contributed by atoms with Crippen LogP contribution in [0.2, 0.25) is 15.3 Å². The summed E-state index contributed by atoms with van der Waals surface area (Å²) in [4.78, 5) is 31.3. The van der Waals surface area contributed by atoms with Gasteiger partial charge in [0.2, 0.25) is 5.71 Å². The van der Waals surface area contributed by atoms with E-state index in [9.17, 15) is 19.1 Å². The lowest BCUT2D eigenvalue weighted by molar-refractivity contribution is 0.0881. The van der Waals surface area contributed by atoms with E-state index in [4.69, 9.17) is 59.3 Å². The number of anilines is 1. The molecule has 1 saturated heterocycles. The molecule has 1 fully saturated rings. The van der Waals surface area contributed by atoms with Gasteiger partial charge in [-0.15, -0.1) is 15.3 Å². The highest BCUT2D eigenvalue weighted by Gasteiger charge is 2.67. The third-order valence-corrected chi connectivity index (χ3v) is 7.81. The minimum atomic E-state index is -2.24. The van der Waals surface area contributed by atoms with Crippen molar-refractivity contribution in [3.63, 3.8) is 0 Å². The molecular formula is C28H20B8FN4O4. The van der Waals surface area contributed by atoms with Gasteiger partial charge in [0.25, 0.3) is 11.8 Å². The van der Waals surface area contributed by atoms with E-state index < -0.39 is 38.5 Å². The van der Waals surface area contributed by atoms with Crippen LogP contribution in [0.15, 0.2) is 59.0 Å². The number of carbonyl (C=O) groups excluding carboxylic acids is 2. The van der Waals surface area contributed by atoms with E-state index in [0.29, 0.717) is 22.1 Å².